The molecule has 0 unspecified atom stereocenters. The summed E-state index contributed by atoms with van der Waals surface area (Å²) in [4.78, 5) is 0.939. The van der Waals surface area contributed by atoms with Gasteiger partial charge in [0, 0.05) is 4.91 Å². The van der Waals surface area contributed by atoms with Gasteiger partial charge in [-0.1, -0.05) is 121 Å². The van der Waals surface area contributed by atoms with Gasteiger partial charge in [0.25, 0.3) is 0 Å². The third-order valence-corrected chi connectivity index (χ3v) is 5.22. The molecule has 0 aliphatic heterocycles. The van der Waals surface area contributed by atoms with Crippen molar-refractivity contribution in [2.45, 2.75) is 0 Å². The van der Waals surface area contributed by atoms with E-state index in [9.17, 15) is 0 Å². The maximum absolute atomic E-state index is 4.86. The SMILES string of the molecule is S/C(=C\C(=C(c1ccccc1)c1ccccc1)c1ccccc1)c1ccccc1. The van der Waals surface area contributed by atoms with Crippen molar-refractivity contribution < 1.29 is 0 Å². The van der Waals surface area contributed by atoms with Crippen LogP contribution >= 0.6 is 12.6 Å². The predicted octanol–water partition coefficient (Wildman–Crippen LogP) is 7.62. The smallest absolute Gasteiger partial charge is 0.0119 e. The summed E-state index contributed by atoms with van der Waals surface area (Å²) in [5, 5.41) is 0. The van der Waals surface area contributed by atoms with Gasteiger partial charge in [-0.25, -0.2) is 0 Å². The minimum atomic E-state index is 0.939. The second-order valence-corrected chi connectivity index (χ2v) is 7.26. The van der Waals surface area contributed by atoms with Crippen molar-refractivity contribution in [2.24, 2.45) is 0 Å². The lowest BCUT2D eigenvalue weighted by Crippen LogP contribution is -1.94. The Morgan fingerprint density at radius 2 is 0.793 bits per heavy atom. The van der Waals surface area contributed by atoms with Crippen molar-refractivity contribution in [1.82, 2.24) is 0 Å². The first-order chi connectivity index (χ1) is 14.3. The van der Waals surface area contributed by atoms with Gasteiger partial charge in [-0.3, -0.25) is 0 Å². The molecule has 0 saturated heterocycles. The summed E-state index contributed by atoms with van der Waals surface area (Å²) in [6, 6.07) is 41.9. The zero-order valence-corrected chi connectivity index (χ0v) is 17.0. The molecule has 140 valence electrons. The molecule has 4 rings (SSSR count). The van der Waals surface area contributed by atoms with Gasteiger partial charge < -0.3 is 0 Å². The van der Waals surface area contributed by atoms with Crippen LogP contribution in [0.4, 0.5) is 0 Å². The third kappa shape index (κ3) is 4.59. The largest absolute Gasteiger partial charge is 0.143 e. The normalized spacial score (nSPS) is 11.1. The third-order valence-electron chi connectivity index (χ3n) is 4.83. The molecule has 0 aliphatic rings. The average molecular weight is 391 g/mol. The molecule has 0 aromatic heterocycles. The summed E-state index contributed by atoms with van der Waals surface area (Å²) >= 11 is 4.86. The van der Waals surface area contributed by atoms with E-state index < -0.39 is 0 Å². The van der Waals surface area contributed by atoms with Crippen LogP contribution in [0.1, 0.15) is 22.3 Å². The summed E-state index contributed by atoms with van der Waals surface area (Å²) in [6.45, 7) is 0. The van der Waals surface area contributed by atoms with E-state index in [1.807, 2.05) is 24.3 Å². The van der Waals surface area contributed by atoms with Gasteiger partial charge in [0.2, 0.25) is 0 Å². The minimum Gasteiger partial charge on any atom is -0.143 e. The van der Waals surface area contributed by atoms with Gasteiger partial charge in [-0.05, 0) is 39.5 Å². The van der Waals surface area contributed by atoms with Crippen LogP contribution in [0.5, 0.6) is 0 Å². The van der Waals surface area contributed by atoms with Crippen LogP contribution in [0.15, 0.2) is 127 Å². The first kappa shape index (κ1) is 19.0. The molecule has 0 bridgehead atoms. The fraction of sp³-hybridized carbons (Fsp3) is 0. The highest BCUT2D eigenvalue weighted by Crippen LogP contribution is 2.35. The van der Waals surface area contributed by atoms with E-state index in [0.717, 1.165) is 21.6 Å². The van der Waals surface area contributed by atoms with Gasteiger partial charge in [0.1, 0.15) is 0 Å². The van der Waals surface area contributed by atoms with E-state index in [4.69, 9.17) is 12.6 Å². The molecule has 0 amide bonds. The fourth-order valence-electron chi connectivity index (χ4n) is 3.43. The molecule has 0 saturated carbocycles. The summed E-state index contributed by atoms with van der Waals surface area (Å²) < 4.78 is 0. The summed E-state index contributed by atoms with van der Waals surface area (Å²) in [5.41, 5.74) is 6.98. The van der Waals surface area contributed by atoms with E-state index >= 15 is 0 Å². The lowest BCUT2D eigenvalue weighted by Gasteiger charge is -2.16. The van der Waals surface area contributed by atoms with Crippen molar-refractivity contribution >= 4 is 28.7 Å². The van der Waals surface area contributed by atoms with Crippen LogP contribution in [-0.2, 0) is 0 Å². The first-order valence-corrected chi connectivity index (χ1v) is 10.1. The number of benzene rings is 4. The zero-order chi connectivity index (χ0) is 19.9. The average Bonchev–Trinajstić information content (AvgIpc) is 2.81. The second-order valence-electron chi connectivity index (χ2n) is 6.78. The molecule has 4 aromatic rings. The number of hydrogen-bond acceptors (Lipinski definition) is 1. The molecular formula is C28H22S. The molecule has 0 fully saturated rings. The van der Waals surface area contributed by atoms with Crippen LogP contribution in [0.2, 0.25) is 0 Å². The Morgan fingerprint density at radius 1 is 0.448 bits per heavy atom. The van der Waals surface area contributed by atoms with Gasteiger partial charge in [0.15, 0.2) is 0 Å². The summed E-state index contributed by atoms with van der Waals surface area (Å²) in [5.74, 6) is 0. The number of rotatable bonds is 5. The molecular weight excluding hydrogens is 368 g/mol. The summed E-state index contributed by atoms with van der Waals surface area (Å²) in [7, 11) is 0. The lowest BCUT2D eigenvalue weighted by molar-refractivity contribution is 1.53. The van der Waals surface area contributed by atoms with E-state index in [0.29, 0.717) is 0 Å². The minimum absolute atomic E-state index is 0.939. The Balaban J connectivity index is 2.01. The lowest BCUT2D eigenvalue weighted by atomic mass is 9.89. The monoisotopic (exact) mass is 390 g/mol. The highest BCUT2D eigenvalue weighted by atomic mass is 32.1. The Hall–Kier alpha value is -3.29. The molecule has 0 heterocycles. The van der Waals surface area contributed by atoms with Crippen LogP contribution in [-0.4, -0.2) is 0 Å². The standard InChI is InChI=1S/C28H22S/c29-27(23-15-7-2-8-16-23)21-26(22-13-5-1-6-14-22)28(24-17-9-3-10-18-24)25-19-11-4-12-20-25/h1-21,29H/b27-21-. The molecule has 29 heavy (non-hydrogen) atoms. The fourth-order valence-corrected chi connectivity index (χ4v) is 3.71. The van der Waals surface area contributed by atoms with Crippen LogP contribution in [0, 0.1) is 0 Å². The molecule has 0 nitrogen and oxygen atoms in total. The predicted molar refractivity (Wildman–Crippen MR) is 129 cm³/mol. The van der Waals surface area contributed by atoms with E-state index in [1.54, 1.807) is 0 Å². The Morgan fingerprint density at radius 3 is 1.21 bits per heavy atom. The van der Waals surface area contributed by atoms with E-state index in [1.165, 1.54) is 16.7 Å². The molecule has 0 radical (unpaired) electrons. The molecule has 0 N–H and O–H groups in total. The van der Waals surface area contributed by atoms with Crippen LogP contribution < -0.4 is 0 Å². The molecule has 1 heteroatoms. The molecule has 0 atom stereocenters. The van der Waals surface area contributed by atoms with Crippen molar-refractivity contribution in [3.63, 3.8) is 0 Å². The molecule has 0 aliphatic carbocycles. The van der Waals surface area contributed by atoms with E-state index in [2.05, 4.69) is 103 Å². The summed E-state index contributed by atoms with van der Waals surface area (Å²) in [6.07, 6.45) is 2.18. The number of thiol groups is 1. The number of allylic oxidation sites excluding steroid dienone is 2. The maximum atomic E-state index is 4.86. The van der Waals surface area contributed by atoms with Crippen molar-refractivity contribution in [1.29, 1.82) is 0 Å². The molecule has 0 spiro atoms. The van der Waals surface area contributed by atoms with Gasteiger partial charge in [-0.15, -0.1) is 12.6 Å². The Kier molecular flexibility index (Phi) is 6.09. The topological polar surface area (TPSA) is 0 Å². The Bertz CT molecular complexity index is 1070. The zero-order valence-electron chi connectivity index (χ0n) is 16.1. The highest BCUT2D eigenvalue weighted by Gasteiger charge is 2.13. The number of hydrogen-bond donors (Lipinski definition) is 1. The van der Waals surface area contributed by atoms with E-state index in [-0.39, 0.29) is 0 Å². The second kappa shape index (κ2) is 9.27. The van der Waals surface area contributed by atoms with Gasteiger partial charge >= 0.3 is 0 Å². The Labute approximate surface area is 178 Å². The molecule has 4 aromatic carbocycles. The maximum Gasteiger partial charge on any atom is 0.0119 e. The van der Waals surface area contributed by atoms with Crippen molar-refractivity contribution in [3.05, 3.63) is 150 Å². The van der Waals surface area contributed by atoms with Crippen molar-refractivity contribution in [2.75, 3.05) is 0 Å². The first-order valence-electron chi connectivity index (χ1n) is 9.69. The van der Waals surface area contributed by atoms with Gasteiger partial charge in [0.05, 0.1) is 0 Å². The highest BCUT2D eigenvalue weighted by molar-refractivity contribution is 7.90. The van der Waals surface area contributed by atoms with Gasteiger partial charge in [-0.2, -0.15) is 0 Å². The van der Waals surface area contributed by atoms with Crippen LogP contribution in [0.25, 0.3) is 16.1 Å². The van der Waals surface area contributed by atoms with Crippen LogP contribution in [0.3, 0.4) is 0 Å². The quantitative estimate of drug-likeness (QED) is 0.202. The van der Waals surface area contributed by atoms with Crippen molar-refractivity contribution in [3.8, 4) is 0 Å².